The van der Waals surface area contributed by atoms with Crippen LogP contribution in [-0.4, -0.2) is 29.3 Å². The summed E-state index contributed by atoms with van der Waals surface area (Å²) in [6.45, 7) is 6.21. The van der Waals surface area contributed by atoms with Gasteiger partial charge in [-0.05, 0) is 63.3 Å². The normalized spacial score (nSPS) is 23.6. The quantitative estimate of drug-likeness (QED) is 0.859. The minimum absolute atomic E-state index is 0.0980. The molecule has 1 aromatic carbocycles. The molecule has 3 rings (SSSR count). The van der Waals surface area contributed by atoms with Crippen molar-refractivity contribution in [3.05, 3.63) is 46.7 Å². The number of halogens is 3. The third-order valence-corrected chi connectivity index (χ3v) is 5.55. The van der Waals surface area contributed by atoms with Gasteiger partial charge < -0.3 is 10.2 Å². The van der Waals surface area contributed by atoms with Gasteiger partial charge in [0, 0.05) is 23.7 Å². The van der Waals surface area contributed by atoms with Crippen molar-refractivity contribution in [2.45, 2.75) is 45.8 Å². The first-order valence-electron chi connectivity index (χ1n) is 9.12. The lowest BCUT2D eigenvalue weighted by Gasteiger charge is -2.39. The van der Waals surface area contributed by atoms with E-state index in [2.05, 4.69) is 5.32 Å². The number of alkyl halides is 3. The maximum absolute atomic E-state index is 12.9. The van der Waals surface area contributed by atoms with Crippen LogP contribution in [0.4, 0.5) is 13.2 Å². The monoisotopic (exact) mass is 380 g/mol. The smallest absolute Gasteiger partial charge is 0.340 e. The van der Waals surface area contributed by atoms with Crippen LogP contribution >= 0.6 is 0 Å². The van der Waals surface area contributed by atoms with Crippen molar-refractivity contribution in [3.8, 4) is 0 Å². The summed E-state index contributed by atoms with van der Waals surface area (Å²) in [5, 5.41) is 2.72. The minimum atomic E-state index is -4.52. The zero-order valence-corrected chi connectivity index (χ0v) is 15.6. The molecule has 1 N–H and O–H groups in total. The van der Waals surface area contributed by atoms with Crippen LogP contribution in [-0.2, 0) is 11.0 Å². The van der Waals surface area contributed by atoms with Gasteiger partial charge in [-0.25, -0.2) is 0 Å². The van der Waals surface area contributed by atoms with Crippen LogP contribution in [0.5, 0.6) is 0 Å². The lowest BCUT2D eigenvalue weighted by Crippen LogP contribution is -2.56. The summed E-state index contributed by atoms with van der Waals surface area (Å²) >= 11 is 0. The maximum atomic E-state index is 12.9. The van der Waals surface area contributed by atoms with Crippen LogP contribution in [0.1, 0.15) is 49.5 Å². The van der Waals surface area contributed by atoms with E-state index in [-0.39, 0.29) is 17.4 Å². The number of nitrogens with one attached hydrogen (secondary N) is 1. The van der Waals surface area contributed by atoms with E-state index in [1.54, 1.807) is 4.90 Å². The van der Waals surface area contributed by atoms with E-state index in [0.29, 0.717) is 12.5 Å². The summed E-state index contributed by atoms with van der Waals surface area (Å²) < 4.78 is 38.8. The molecule has 2 atom stereocenters. The minimum Gasteiger partial charge on any atom is -0.340 e. The molecule has 1 aliphatic carbocycles. The van der Waals surface area contributed by atoms with Crippen molar-refractivity contribution in [2.75, 3.05) is 6.54 Å². The summed E-state index contributed by atoms with van der Waals surface area (Å²) in [6.07, 6.45) is -2.54. The largest absolute Gasteiger partial charge is 0.416 e. The molecule has 0 spiro atoms. The van der Waals surface area contributed by atoms with Crippen LogP contribution in [0.3, 0.4) is 0 Å². The highest BCUT2D eigenvalue weighted by Crippen LogP contribution is 2.45. The molecule has 0 saturated heterocycles. The van der Waals surface area contributed by atoms with Gasteiger partial charge in [0.15, 0.2) is 0 Å². The molecule has 2 unspecified atom stereocenters. The number of likely N-dealkylation sites (N-methyl/N-ethyl adjacent to an activating group) is 1. The van der Waals surface area contributed by atoms with Gasteiger partial charge in [0.05, 0.1) is 5.56 Å². The lowest BCUT2D eigenvalue weighted by atomic mass is 9.82. The Hall–Kier alpha value is -2.31. The molecule has 4 nitrogen and oxygen atoms in total. The van der Waals surface area contributed by atoms with Gasteiger partial charge in [0.1, 0.15) is 6.04 Å². The van der Waals surface area contributed by atoms with Crippen LogP contribution in [0.2, 0.25) is 0 Å². The number of allylic oxidation sites excluding steroid dienone is 1. The number of rotatable bonds is 4. The van der Waals surface area contributed by atoms with Crippen molar-refractivity contribution in [1.82, 2.24) is 10.2 Å². The van der Waals surface area contributed by atoms with Gasteiger partial charge in [0.25, 0.3) is 5.91 Å². The van der Waals surface area contributed by atoms with E-state index in [9.17, 15) is 22.8 Å². The molecule has 2 amide bonds. The molecule has 1 aromatic rings. The Labute approximate surface area is 156 Å². The van der Waals surface area contributed by atoms with Crippen molar-refractivity contribution < 1.29 is 22.8 Å². The molecule has 1 aliphatic heterocycles. The number of hydrogen-bond donors (Lipinski definition) is 1. The van der Waals surface area contributed by atoms with Gasteiger partial charge in [-0.3, -0.25) is 9.59 Å². The highest BCUT2D eigenvalue weighted by atomic mass is 19.4. The van der Waals surface area contributed by atoms with Crippen molar-refractivity contribution in [3.63, 3.8) is 0 Å². The lowest BCUT2D eigenvalue weighted by molar-refractivity contribution is -0.137. The number of amides is 2. The van der Waals surface area contributed by atoms with Crippen molar-refractivity contribution >= 4 is 11.8 Å². The molecule has 1 heterocycles. The van der Waals surface area contributed by atoms with Gasteiger partial charge in [0.2, 0.25) is 5.91 Å². The first-order valence-corrected chi connectivity index (χ1v) is 9.12. The highest BCUT2D eigenvalue weighted by molar-refractivity contribution is 5.98. The van der Waals surface area contributed by atoms with Crippen molar-refractivity contribution in [2.24, 2.45) is 11.8 Å². The van der Waals surface area contributed by atoms with Gasteiger partial charge in [-0.15, -0.1) is 0 Å². The first-order chi connectivity index (χ1) is 12.6. The molecule has 7 heteroatoms. The second-order valence-corrected chi connectivity index (χ2v) is 7.24. The summed E-state index contributed by atoms with van der Waals surface area (Å²) in [5.41, 5.74) is 0.988. The number of hydrogen-bond acceptors (Lipinski definition) is 2. The average molecular weight is 380 g/mol. The molecule has 2 aliphatic rings. The number of nitrogens with zero attached hydrogens (tertiary/aromatic N) is 1. The van der Waals surface area contributed by atoms with Crippen LogP contribution in [0.25, 0.3) is 0 Å². The molecule has 1 fully saturated rings. The van der Waals surface area contributed by atoms with E-state index in [0.717, 1.165) is 36.2 Å². The first kappa shape index (κ1) is 19.5. The van der Waals surface area contributed by atoms with Crippen molar-refractivity contribution in [1.29, 1.82) is 0 Å². The van der Waals surface area contributed by atoms with Gasteiger partial charge >= 0.3 is 6.18 Å². The zero-order valence-electron chi connectivity index (χ0n) is 15.6. The maximum Gasteiger partial charge on any atom is 0.416 e. The Kier molecular flexibility index (Phi) is 5.06. The number of carbonyl (C=O) groups is 2. The number of carbonyl (C=O) groups excluding carboxylic acids is 2. The predicted octanol–water partition coefficient (Wildman–Crippen LogP) is 3.99. The predicted molar refractivity (Wildman–Crippen MR) is 94.7 cm³/mol. The summed E-state index contributed by atoms with van der Waals surface area (Å²) in [4.78, 5) is 27.2. The Morgan fingerprint density at radius 3 is 2.48 bits per heavy atom. The highest BCUT2D eigenvalue weighted by Gasteiger charge is 2.46. The Balaban J connectivity index is 1.89. The molecule has 146 valence electrons. The van der Waals surface area contributed by atoms with E-state index < -0.39 is 23.7 Å². The van der Waals surface area contributed by atoms with E-state index in [1.165, 1.54) is 12.1 Å². The fraction of sp³-hybridized carbons (Fsp3) is 0.500. The Morgan fingerprint density at radius 1 is 1.26 bits per heavy atom. The SMILES string of the molecule is CCN1C(=O)C(NC(=O)c2cccc(C(F)(F)F)c2)C(C2CC2)C(C)=C1C. The molecule has 0 bridgehead atoms. The topological polar surface area (TPSA) is 49.4 Å². The zero-order chi connectivity index (χ0) is 19.9. The van der Waals surface area contributed by atoms with Crippen LogP contribution in [0, 0.1) is 11.8 Å². The average Bonchev–Trinajstić information content (AvgIpc) is 3.44. The van der Waals surface area contributed by atoms with Crippen LogP contribution < -0.4 is 5.32 Å². The van der Waals surface area contributed by atoms with E-state index in [1.807, 2.05) is 20.8 Å². The summed E-state index contributed by atoms with van der Waals surface area (Å²) in [6, 6.07) is 3.52. The molecule has 1 saturated carbocycles. The van der Waals surface area contributed by atoms with Crippen LogP contribution in [0.15, 0.2) is 35.5 Å². The molecular formula is C20H23F3N2O2. The van der Waals surface area contributed by atoms with E-state index in [4.69, 9.17) is 0 Å². The standard InChI is InChI=1S/C20H23F3N2O2/c1-4-25-12(3)11(2)16(13-8-9-13)17(19(25)27)24-18(26)14-6-5-7-15(10-14)20(21,22)23/h5-7,10,13,16-17H,4,8-9H2,1-3H3,(H,24,26). The van der Waals surface area contributed by atoms with E-state index >= 15 is 0 Å². The fourth-order valence-corrected chi connectivity index (χ4v) is 3.88. The summed E-state index contributed by atoms with van der Waals surface area (Å²) in [7, 11) is 0. The second-order valence-electron chi connectivity index (χ2n) is 7.24. The Bertz CT molecular complexity index is 797. The van der Waals surface area contributed by atoms with Gasteiger partial charge in [-0.2, -0.15) is 13.2 Å². The third kappa shape index (κ3) is 3.73. The summed E-state index contributed by atoms with van der Waals surface area (Å²) in [5.74, 6) is -0.629. The third-order valence-electron chi connectivity index (χ3n) is 5.55. The molecular weight excluding hydrogens is 357 g/mol. The van der Waals surface area contributed by atoms with Gasteiger partial charge in [-0.1, -0.05) is 6.07 Å². The fourth-order valence-electron chi connectivity index (χ4n) is 3.88. The number of benzene rings is 1. The second kappa shape index (κ2) is 7.02. The molecule has 0 radical (unpaired) electrons. The molecule has 27 heavy (non-hydrogen) atoms. The molecule has 0 aromatic heterocycles. The Morgan fingerprint density at radius 2 is 1.93 bits per heavy atom.